The molecule has 0 saturated heterocycles. The molecular weight excluding hydrogens is 371 g/mol. The molecule has 27 heavy (non-hydrogen) atoms. The van der Waals surface area contributed by atoms with E-state index in [1.807, 2.05) is 6.07 Å². The van der Waals surface area contributed by atoms with Crippen molar-refractivity contribution in [3.8, 4) is 11.6 Å². The van der Waals surface area contributed by atoms with Crippen molar-refractivity contribution in [1.29, 1.82) is 0 Å². The molecule has 0 saturated carbocycles. The van der Waals surface area contributed by atoms with Crippen LogP contribution in [0.2, 0.25) is 5.15 Å². The summed E-state index contributed by atoms with van der Waals surface area (Å²) in [6.45, 7) is 0.484. The number of pyridine rings is 1. The maximum absolute atomic E-state index is 13.6. The number of nitrogens with zero attached hydrogens (tertiary/aromatic N) is 4. The Balaban J connectivity index is 1.57. The first-order chi connectivity index (χ1) is 13.1. The lowest BCUT2D eigenvalue weighted by Crippen LogP contribution is -2.26. The highest BCUT2D eigenvalue weighted by Gasteiger charge is 2.08. The van der Waals surface area contributed by atoms with Crippen LogP contribution in [0.5, 0.6) is 5.75 Å². The predicted octanol–water partition coefficient (Wildman–Crippen LogP) is 3.45. The van der Waals surface area contributed by atoms with Crippen molar-refractivity contribution in [2.45, 2.75) is 6.54 Å². The molecule has 4 rings (SSSR count). The molecule has 3 aromatic heterocycles. The van der Waals surface area contributed by atoms with Gasteiger partial charge in [-0.25, -0.2) is 14.1 Å². The predicted molar refractivity (Wildman–Crippen MR) is 100 cm³/mol. The van der Waals surface area contributed by atoms with Gasteiger partial charge in [0.05, 0.1) is 12.1 Å². The van der Waals surface area contributed by atoms with E-state index < -0.39 is 0 Å². The van der Waals surface area contributed by atoms with Gasteiger partial charge in [-0.3, -0.25) is 9.36 Å². The maximum Gasteiger partial charge on any atom is 0.266 e. The molecule has 0 amide bonds. The summed E-state index contributed by atoms with van der Waals surface area (Å²) in [6, 6.07) is 12.7. The van der Waals surface area contributed by atoms with E-state index in [0.717, 1.165) is 5.39 Å². The van der Waals surface area contributed by atoms with E-state index in [9.17, 15) is 9.18 Å². The Morgan fingerprint density at radius 2 is 2.00 bits per heavy atom. The molecule has 6 nitrogen and oxygen atoms in total. The molecule has 1 aromatic carbocycles. The van der Waals surface area contributed by atoms with Crippen LogP contribution in [0, 0.1) is 5.82 Å². The second-order valence-electron chi connectivity index (χ2n) is 5.80. The minimum Gasteiger partial charge on any atom is -0.491 e. The summed E-state index contributed by atoms with van der Waals surface area (Å²) in [4.78, 5) is 16.0. The molecule has 0 N–H and O–H groups in total. The minimum absolute atomic E-state index is 0.234. The number of hydrogen-bond donors (Lipinski definition) is 0. The van der Waals surface area contributed by atoms with Crippen molar-refractivity contribution in [3.05, 3.63) is 82.2 Å². The highest BCUT2D eigenvalue weighted by molar-refractivity contribution is 6.29. The van der Waals surface area contributed by atoms with Crippen molar-refractivity contribution in [1.82, 2.24) is 19.3 Å². The van der Waals surface area contributed by atoms with Gasteiger partial charge in [-0.05, 0) is 36.4 Å². The van der Waals surface area contributed by atoms with Gasteiger partial charge in [-0.1, -0.05) is 11.6 Å². The molecule has 0 bridgehead atoms. The zero-order valence-electron chi connectivity index (χ0n) is 14.0. The number of fused-ring (bicyclic) bond motifs is 1. The molecule has 4 aromatic rings. The number of hydrogen-bond acceptors (Lipinski definition) is 4. The Hall–Kier alpha value is -3.19. The van der Waals surface area contributed by atoms with Gasteiger partial charge in [-0.2, -0.15) is 5.10 Å². The van der Waals surface area contributed by atoms with Gasteiger partial charge in [0.1, 0.15) is 23.3 Å². The van der Waals surface area contributed by atoms with Gasteiger partial charge >= 0.3 is 0 Å². The van der Waals surface area contributed by atoms with Gasteiger partial charge in [-0.15, -0.1) is 0 Å². The van der Waals surface area contributed by atoms with E-state index in [1.54, 1.807) is 41.2 Å². The zero-order chi connectivity index (χ0) is 18.8. The standard InChI is InChI=1S/C19H14ClFN4O2/c20-17-12-15(5-7-22-17)27-10-9-25-19(26)4-3-18(23-25)24-8-6-13-1-2-14(21)11-16(13)24/h1-8,11-12H,9-10H2. The first-order valence-corrected chi connectivity index (χ1v) is 8.57. The lowest BCUT2D eigenvalue weighted by atomic mass is 10.2. The van der Waals surface area contributed by atoms with Crippen LogP contribution in [-0.4, -0.2) is 25.9 Å². The molecule has 3 heterocycles. The van der Waals surface area contributed by atoms with Crippen LogP contribution in [0.15, 0.2) is 65.7 Å². The van der Waals surface area contributed by atoms with Gasteiger partial charge in [0.25, 0.3) is 5.56 Å². The largest absolute Gasteiger partial charge is 0.491 e. The first kappa shape index (κ1) is 17.2. The van der Waals surface area contributed by atoms with Crippen molar-refractivity contribution >= 4 is 22.5 Å². The molecule has 8 heteroatoms. The Bertz CT molecular complexity index is 1170. The summed E-state index contributed by atoms with van der Waals surface area (Å²) in [5.74, 6) is 0.744. The third-order valence-electron chi connectivity index (χ3n) is 4.02. The average Bonchev–Trinajstić information content (AvgIpc) is 3.06. The normalized spacial score (nSPS) is 11.0. The number of halogens is 2. The third kappa shape index (κ3) is 3.68. The monoisotopic (exact) mass is 384 g/mol. The third-order valence-corrected chi connectivity index (χ3v) is 4.23. The fraction of sp³-hybridized carbons (Fsp3) is 0.105. The van der Waals surface area contributed by atoms with E-state index in [1.165, 1.54) is 22.9 Å². The smallest absolute Gasteiger partial charge is 0.266 e. The van der Waals surface area contributed by atoms with Gasteiger partial charge in [0, 0.05) is 29.9 Å². The fourth-order valence-corrected chi connectivity index (χ4v) is 2.92. The molecule has 0 aliphatic heterocycles. The maximum atomic E-state index is 13.6. The highest BCUT2D eigenvalue weighted by Crippen LogP contribution is 2.20. The number of ether oxygens (including phenoxy) is 1. The summed E-state index contributed by atoms with van der Waals surface area (Å²) in [7, 11) is 0. The molecule has 0 aliphatic carbocycles. The van der Waals surface area contributed by atoms with Crippen molar-refractivity contribution in [2.75, 3.05) is 6.61 Å². The van der Waals surface area contributed by atoms with Gasteiger partial charge in [0.2, 0.25) is 0 Å². The molecule has 0 radical (unpaired) electrons. The minimum atomic E-state index is -0.333. The number of rotatable bonds is 5. The molecule has 0 atom stereocenters. The zero-order valence-corrected chi connectivity index (χ0v) is 14.8. The van der Waals surface area contributed by atoms with E-state index in [0.29, 0.717) is 22.2 Å². The summed E-state index contributed by atoms with van der Waals surface area (Å²) in [5.41, 5.74) is 0.424. The van der Waals surface area contributed by atoms with E-state index in [4.69, 9.17) is 16.3 Å². The Kier molecular flexibility index (Phi) is 4.60. The fourth-order valence-electron chi connectivity index (χ4n) is 2.75. The quantitative estimate of drug-likeness (QED) is 0.494. The molecule has 0 spiro atoms. The van der Waals surface area contributed by atoms with Crippen LogP contribution in [0.25, 0.3) is 16.7 Å². The molecule has 0 unspecified atom stereocenters. The summed E-state index contributed by atoms with van der Waals surface area (Å²) < 4.78 is 22.2. The van der Waals surface area contributed by atoms with Crippen molar-refractivity contribution in [3.63, 3.8) is 0 Å². The second-order valence-corrected chi connectivity index (χ2v) is 6.19. The lowest BCUT2D eigenvalue weighted by Gasteiger charge is -2.10. The van der Waals surface area contributed by atoms with E-state index in [-0.39, 0.29) is 24.5 Å². The van der Waals surface area contributed by atoms with Crippen LogP contribution in [0.3, 0.4) is 0 Å². The van der Waals surface area contributed by atoms with Gasteiger partial charge < -0.3 is 4.74 Å². The van der Waals surface area contributed by atoms with Crippen LogP contribution < -0.4 is 10.3 Å². The Labute approximate surface area is 158 Å². The highest BCUT2D eigenvalue weighted by atomic mass is 35.5. The summed E-state index contributed by atoms with van der Waals surface area (Å²) in [6.07, 6.45) is 3.33. The Morgan fingerprint density at radius 3 is 2.85 bits per heavy atom. The molecule has 0 fully saturated rings. The van der Waals surface area contributed by atoms with Crippen LogP contribution in [0.1, 0.15) is 0 Å². The first-order valence-electron chi connectivity index (χ1n) is 8.20. The molecule has 136 valence electrons. The van der Waals surface area contributed by atoms with Crippen molar-refractivity contribution in [2.24, 2.45) is 0 Å². The van der Waals surface area contributed by atoms with E-state index in [2.05, 4.69) is 10.1 Å². The summed E-state index contributed by atoms with van der Waals surface area (Å²) >= 11 is 5.81. The molecular formula is C19H14ClFN4O2. The van der Waals surface area contributed by atoms with Crippen LogP contribution >= 0.6 is 11.6 Å². The van der Waals surface area contributed by atoms with Crippen LogP contribution in [0.4, 0.5) is 4.39 Å². The topological polar surface area (TPSA) is 61.9 Å². The average molecular weight is 385 g/mol. The number of aromatic nitrogens is 4. The van der Waals surface area contributed by atoms with Gasteiger partial charge in [0.15, 0.2) is 5.82 Å². The number of benzene rings is 1. The van der Waals surface area contributed by atoms with Crippen molar-refractivity contribution < 1.29 is 9.13 Å². The Morgan fingerprint density at radius 1 is 1.11 bits per heavy atom. The lowest BCUT2D eigenvalue weighted by molar-refractivity contribution is 0.287. The SMILES string of the molecule is O=c1ccc(-n2ccc3ccc(F)cc32)nn1CCOc1ccnc(Cl)c1. The summed E-state index contributed by atoms with van der Waals surface area (Å²) in [5, 5.41) is 5.58. The van der Waals surface area contributed by atoms with E-state index >= 15 is 0 Å². The molecule has 0 aliphatic rings. The second kappa shape index (κ2) is 7.20. The van der Waals surface area contributed by atoms with Crippen LogP contribution in [-0.2, 0) is 6.54 Å².